The van der Waals surface area contributed by atoms with E-state index >= 15 is 0 Å². The minimum atomic E-state index is 1.14. The Kier molecular flexibility index (Phi) is 2.71. The van der Waals surface area contributed by atoms with Gasteiger partial charge < -0.3 is 0 Å². The summed E-state index contributed by atoms with van der Waals surface area (Å²) in [4.78, 5) is 0. The molecule has 1 aromatic rings. The molecule has 0 N–H and O–H groups in total. The summed E-state index contributed by atoms with van der Waals surface area (Å²) in [6.45, 7) is 8.07. The summed E-state index contributed by atoms with van der Waals surface area (Å²) < 4.78 is 1.28. The van der Waals surface area contributed by atoms with Crippen LogP contribution < -0.4 is 0 Å². The lowest BCUT2D eigenvalue weighted by atomic mass is 10.0. The number of benzene rings is 1. The van der Waals surface area contributed by atoms with E-state index in [0.717, 1.165) is 5.57 Å². The SMILES string of the molecule is C=C(C)c1ccc(I)cc1C. The van der Waals surface area contributed by atoms with Gasteiger partial charge in [0.05, 0.1) is 0 Å². The first-order valence-corrected chi connectivity index (χ1v) is 4.61. The lowest BCUT2D eigenvalue weighted by molar-refractivity contribution is 1.40. The molecule has 0 aliphatic heterocycles. The van der Waals surface area contributed by atoms with Crippen LogP contribution in [0.3, 0.4) is 0 Å². The van der Waals surface area contributed by atoms with E-state index in [9.17, 15) is 0 Å². The number of hydrogen-bond acceptors (Lipinski definition) is 0. The normalized spacial score (nSPS) is 9.73. The van der Waals surface area contributed by atoms with Crippen molar-refractivity contribution < 1.29 is 0 Å². The average Bonchev–Trinajstić information content (AvgIpc) is 1.85. The van der Waals surface area contributed by atoms with Gasteiger partial charge in [0.25, 0.3) is 0 Å². The first-order valence-electron chi connectivity index (χ1n) is 3.53. The third kappa shape index (κ3) is 2.06. The summed E-state index contributed by atoms with van der Waals surface area (Å²) in [6.07, 6.45) is 0. The zero-order chi connectivity index (χ0) is 8.43. The van der Waals surface area contributed by atoms with Gasteiger partial charge in [-0.3, -0.25) is 0 Å². The zero-order valence-electron chi connectivity index (χ0n) is 6.82. The summed E-state index contributed by atoms with van der Waals surface area (Å²) in [6, 6.07) is 6.40. The van der Waals surface area contributed by atoms with E-state index in [1.807, 2.05) is 6.92 Å². The van der Waals surface area contributed by atoms with Gasteiger partial charge in [-0.1, -0.05) is 18.2 Å². The first kappa shape index (κ1) is 8.78. The molecule has 0 radical (unpaired) electrons. The third-order valence-corrected chi connectivity index (χ3v) is 2.32. The second kappa shape index (κ2) is 3.39. The number of hydrogen-bond donors (Lipinski definition) is 0. The maximum absolute atomic E-state index is 3.91. The predicted octanol–water partition coefficient (Wildman–Crippen LogP) is 3.63. The summed E-state index contributed by atoms with van der Waals surface area (Å²) in [5.74, 6) is 0. The van der Waals surface area contributed by atoms with Crippen molar-refractivity contribution >= 4 is 28.2 Å². The van der Waals surface area contributed by atoms with E-state index in [1.165, 1.54) is 14.7 Å². The zero-order valence-corrected chi connectivity index (χ0v) is 8.97. The summed E-state index contributed by atoms with van der Waals surface area (Å²) in [5.41, 5.74) is 3.72. The van der Waals surface area contributed by atoms with Gasteiger partial charge in [0.1, 0.15) is 0 Å². The van der Waals surface area contributed by atoms with Gasteiger partial charge in [-0.25, -0.2) is 0 Å². The third-order valence-electron chi connectivity index (χ3n) is 1.65. The van der Waals surface area contributed by atoms with Crippen molar-refractivity contribution in [1.82, 2.24) is 0 Å². The lowest BCUT2D eigenvalue weighted by Gasteiger charge is -2.04. The molecule has 0 saturated carbocycles. The van der Waals surface area contributed by atoms with Gasteiger partial charge in [-0.15, -0.1) is 0 Å². The molecule has 0 saturated heterocycles. The van der Waals surface area contributed by atoms with Crippen molar-refractivity contribution in [2.24, 2.45) is 0 Å². The van der Waals surface area contributed by atoms with Crippen LogP contribution in [0.5, 0.6) is 0 Å². The monoisotopic (exact) mass is 258 g/mol. The first-order chi connectivity index (χ1) is 5.11. The summed E-state index contributed by atoms with van der Waals surface area (Å²) in [5, 5.41) is 0. The van der Waals surface area contributed by atoms with Gasteiger partial charge in [0, 0.05) is 3.57 Å². The number of rotatable bonds is 1. The van der Waals surface area contributed by atoms with E-state index in [-0.39, 0.29) is 0 Å². The minimum Gasteiger partial charge on any atom is -0.0955 e. The molecule has 1 rings (SSSR count). The van der Waals surface area contributed by atoms with Gasteiger partial charge in [-0.2, -0.15) is 0 Å². The molecule has 1 heteroatoms. The van der Waals surface area contributed by atoms with Crippen LogP contribution in [0, 0.1) is 10.5 Å². The van der Waals surface area contributed by atoms with E-state index in [0.29, 0.717) is 0 Å². The molecule has 0 spiro atoms. The molecule has 0 nitrogen and oxygen atoms in total. The maximum Gasteiger partial charge on any atom is 0.0133 e. The Balaban J connectivity index is 3.20. The van der Waals surface area contributed by atoms with Gasteiger partial charge >= 0.3 is 0 Å². The summed E-state index contributed by atoms with van der Waals surface area (Å²) >= 11 is 2.32. The van der Waals surface area contributed by atoms with Crippen LogP contribution in [0.15, 0.2) is 24.8 Å². The van der Waals surface area contributed by atoms with Gasteiger partial charge in [0.15, 0.2) is 0 Å². The van der Waals surface area contributed by atoms with Crippen molar-refractivity contribution in [2.45, 2.75) is 13.8 Å². The summed E-state index contributed by atoms with van der Waals surface area (Å²) in [7, 11) is 0. The Morgan fingerprint density at radius 1 is 1.45 bits per heavy atom. The highest BCUT2D eigenvalue weighted by Gasteiger charge is 1.97. The fraction of sp³-hybridized carbons (Fsp3) is 0.200. The molecule has 0 heterocycles. The van der Waals surface area contributed by atoms with Crippen molar-refractivity contribution in [3.8, 4) is 0 Å². The fourth-order valence-electron chi connectivity index (χ4n) is 1.11. The Bertz CT molecular complexity index is 287. The van der Waals surface area contributed by atoms with Crippen LogP contribution in [-0.2, 0) is 0 Å². The smallest absolute Gasteiger partial charge is 0.0133 e. The number of allylic oxidation sites excluding steroid dienone is 1. The van der Waals surface area contributed by atoms with Crippen LogP contribution in [-0.4, -0.2) is 0 Å². The highest BCUT2D eigenvalue weighted by Crippen LogP contribution is 2.18. The minimum absolute atomic E-state index is 1.14. The van der Waals surface area contributed by atoms with Crippen LogP contribution in [0.4, 0.5) is 0 Å². The maximum atomic E-state index is 3.91. The predicted molar refractivity (Wildman–Crippen MR) is 58.6 cm³/mol. The van der Waals surface area contributed by atoms with Crippen LogP contribution >= 0.6 is 22.6 Å². The van der Waals surface area contributed by atoms with Crippen LogP contribution in [0.2, 0.25) is 0 Å². The van der Waals surface area contributed by atoms with Crippen molar-refractivity contribution in [2.75, 3.05) is 0 Å². The quantitative estimate of drug-likeness (QED) is 0.675. The van der Waals surface area contributed by atoms with Gasteiger partial charge in [-0.05, 0) is 59.7 Å². The Morgan fingerprint density at radius 3 is 2.55 bits per heavy atom. The van der Waals surface area contributed by atoms with Crippen LogP contribution in [0.25, 0.3) is 5.57 Å². The standard InChI is InChI=1S/C10H11I/c1-7(2)10-5-4-9(11)6-8(10)3/h4-6H,1H2,2-3H3. The number of aryl methyl sites for hydroxylation is 1. The molecule has 0 bridgehead atoms. The number of halogens is 1. The molecule has 0 aliphatic carbocycles. The second-order valence-electron chi connectivity index (χ2n) is 2.74. The van der Waals surface area contributed by atoms with Crippen LogP contribution in [0.1, 0.15) is 18.1 Å². The molecule has 0 amide bonds. The second-order valence-corrected chi connectivity index (χ2v) is 3.99. The highest BCUT2D eigenvalue weighted by molar-refractivity contribution is 14.1. The molecule has 0 atom stereocenters. The molecule has 1 aromatic carbocycles. The molecule has 58 valence electrons. The molecule has 0 unspecified atom stereocenters. The highest BCUT2D eigenvalue weighted by atomic mass is 127. The van der Waals surface area contributed by atoms with E-state index in [2.05, 4.69) is 54.3 Å². The Hall–Kier alpha value is -0.310. The molecular weight excluding hydrogens is 247 g/mol. The largest absolute Gasteiger partial charge is 0.0955 e. The van der Waals surface area contributed by atoms with E-state index < -0.39 is 0 Å². The molecular formula is C10H11I. The van der Waals surface area contributed by atoms with E-state index in [1.54, 1.807) is 0 Å². The Labute approximate surface area is 81.5 Å². The fourth-order valence-corrected chi connectivity index (χ4v) is 1.75. The van der Waals surface area contributed by atoms with Crippen molar-refractivity contribution in [3.63, 3.8) is 0 Å². The molecule has 11 heavy (non-hydrogen) atoms. The van der Waals surface area contributed by atoms with Gasteiger partial charge in [0.2, 0.25) is 0 Å². The van der Waals surface area contributed by atoms with Crippen molar-refractivity contribution in [3.05, 3.63) is 39.5 Å². The lowest BCUT2D eigenvalue weighted by Crippen LogP contribution is -1.84. The molecule has 0 aromatic heterocycles. The van der Waals surface area contributed by atoms with Crippen molar-refractivity contribution in [1.29, 1.82) is 0 Å². The average molecular weight is 258 g/mol. The molecule has 0 aliphatic rings. The molecule has 0 fully saturated rings. The topological polar surface area (TPSA) is 0 Å². The van der Waals surface area contributed by atoms with E-state index in [4.69, 9.17) is 0 Å². The Morgan fingerprint density at radius 2 is 2.09 bits per heavy atom.